The van der Waals surface area contributed by atoms with E-state index in [1.807, 2.05) is 76.2 Å². The van der Waals surface area contributed by atoms with Crippen LogP contribution in [0.4, 0.5) is 0 Å². The summed E-state index contributed by atoms with van der Waals surface area (Å²) in [5.74, 6) is 0. The minimum Gasteiger partial charge on any atom is -0.579 e. The maximum atomic E-state index is 4.19. The number of rotatable bonds is 1. The molecule has 0 amide bonds. The minimum atomic E-state index is 0. The Bertz CT molecular complexity index is 778. The molecule has 0 saturated heterocycles. The molecule has 4 aromatic heterocycles. The smallest absolute Gasteiger partial charge is 0.579 e. The molecule has 6 nitrogen and oxygen atoms in total. The van der Waals surface area contributed by atoms with Crippen molar-refractivity contribution in [2.24, 2.45) is 0 Å². The van der Waals surface area contributed by atoms with Crippen LogP contribution in [0.1, 0.15) is 22.8 Å². The average Bonchev–Trinajstić information content (AvgIpc) is 3.24. The van der Waals surface area contributed by atoms with E-state index in [0.29, 0.717) is 0 Å². The first kappa shape index (κ1) is 22.4. The molecule has 0 bridgehead atoms. The molecule has 7 heteroatoms. The van der Waals surface area contributed by atoms with Gasteiger partial charge in [0.25, 0.3) is 0 Å². The topological polar surface area (TPSA) is 79.8 Å². The van der Waals surface area contributed by atoms with Crippen LogP contribution in [0.5, 0.6) is 0 Å². The summed E-state index contributed by atoms with van der Waals surface area (Å²) in [4.78, 5) is 8.37. The van der Waals surface area contributed by atoms with E-state index in [9.17, 15) is 0 Å². The molecule has 142 valence electrons. The van der Waals surface area contributed by atoms with Crippen molar-refractivity contribution in [1.29, 1.82) is 0 Å². The Labute approximate surface area is 174 Å². The van der Waals surface area contributed by atoms with Gasteiger partial charge < -0.3 is 20.4 Å². The third-order valence-electron chi connectivity index (χ3n) is 3.16. The van der Waals surface area contributed by atoms with Crippen molar-refractivity contribution >= 4 is 0 Å². The molecule has 0 radical (unpaired) electrons. The zero-order valence-electron chi connectivity index (χ0n) is 15.8. The number of hydrogen-bond donors (Lipinski definition) is 0. The summed E-state index contributed by atoms with van der Waals surface area (Å²) in [6.07, 6.45) is 3.54. The van der Waals surface area contributed by atoms with E-state index in [-0.39, 0.29) is 21.1 Å². The van der Waals surface area contributed by atoms with Crippen molar-refractivity contribution in [1.82, 2.24) is 30.4 Å². The second-order valence-corrected chi connectivity index (χ2v) is 5.68. The van der Waals surface area contributed by atoms with Crippen molar-refractivity contribution < 1.29 is 21.1 Å². The van der Waals surface area contributed by atoms with Crippen molar-refractivity contribution in [3.63, 3.8) is 0 Å². The Morgan fingerprint density at radius 3 is 1.22 bits per heavy atom. The Hall–Kier alpha value is -2.59. The molecular formula is C20H22N6Pt. The van der Waals surface area contributed by atoms with Crippen LogP contribution in [0.3, 0.4) is 0 Å². The van der Waals surface area contributed by atoms with Crippen molar-refractivity contribution in [2.75, 3.05) is 0 Å². The van der Waals surface area contributed by atoms with Crippen LogP contribution in [0, 0.1) is 27.7 Å². The summed E-state index contributed by atoms with van der Waals surface area (Å²) in [5, 5.41) is 15.1. The minimum absolute atomic E-state index is 0. The van der Waals surface area contributed by atoms with E-state index in [1.165, 1.54) is 0 Å². The van der Waals surface area contributed by atoms with Crippen LogP contribution in [0.15, 0.2) is 60.9 Å². The van der Waals surface area contributed by atoms with E-state index in [1.54, 1.807) is 12.4 Å². The van der Waals surface area contributed by atoms with Gasteiger partial charge in [-0.2, -0.15) is 0 Å². The fourth-order valence-corrected chi connectivity index (χ4v) is 2.06. The van der Waals surface area contributed by atoms with E-state index >= 15 is 0 Å². The summed E-state index contributed by atoms with van der Waals surface area (Å²) in [6.45, 7) is 7.72. The number of pyridine rings is 2. The van der Waals surface area contributed by atoms with Gasteiger partial charge in [0.05, 0.1) is 11.4 Å². The van der Waals surface area contributed by atoms with Crippen LogP contribution in [-0.2, 0) is 21.1 Å². The number of aromatic nitrogens is 6. The first-order valence-electron chi connectivity index (χ1n) is 8.24. The second-order valence-electron chi connectivity index (χ2n) is 5.68. The normalized spacial score (nSPS) is 9.19. The zero-order chi connectivity index (χ0) is 18.8. The molecule has 0 saturated carbocycles. The third-order valence-corrected chi connectivity index (χ3v) is 3.16. The van der Waals surface area contributed by atoms with Gasteiger partial charge in [0.1, 0.15) is 0 Å². The fourth-order valence-electron chi connectivity index (χ4n) is 2.06. The van der Waals surface area contributed by atoms with Gasteiger partial charge in [0.2, 0.25) is 0 Å². The standard InChI is InChI=1S/C10H8N2.2C5H7N2.Pt/c1-3-7-11-9(5-1)10-6-2-4-8-12-10;2*1-4-3-5(2)7-6-4;/h1-8H;2*3H,1-2H3;/q;2*-1;+2. The molecule has 4 heterocycles. The first-order chi connectivity index (χ1) is 12.5. The van der Waals surface area contributed by atoms with Crippen LogP contribution < -0.4 is 10.2 Å². The molecule has 27 heavy (non-hydrogen) atoms. The van der Waals surface area contributed by atoms with Gasteiger partial charge in [-0.1, -0.05) is 38.1 Å². The van der Waals surface area contributed by atoms with E-state index in [2.05, 4.69) is 30.4 Å². The number of aryl methyl sites for hydroxylation is 4. The van der Waals surface area contributed by atoms with Crippen LogP contribution in [-0.4, -0.2) is 20.2 Å². The van der Waals surface area contributed by atoms with Crippen LogP contribution >= 0.6 is 0 Å². The van der Waals surface area contributed by atoms with E-state index in [0.717, 1.165) is 34.2 Å². The third kappa shape index (κ3) is 8.56. The second kappa shape index (κ2) is 11.9. The molecule has 4 rings (SSSR count). The first-order valence-corrected chi connectivity index (χ1v) is 8.24. The SMILES string of the molecule is Cc1cc(C)[n-]n1.Cc1cc(C)[n-]n1.[Pt+2].c1ccc(-c2ccccn2)nc1. The maximum absolute atomic E-state index is 4.19. The largest absolute Gasteiger partial charge is 2.00 e. The van der Waals surface area contributed by atoms with Gasteiger partial charge in [-0.05, 0) is 38.1 Å². The number of nitrogens with zero attached hydrogens (tertiary/aromatic N) is 6. The van der Waals surface area contributed by atoms with Gasteiger partial charge in [-0.15, -0.1) is 11.4 Å². The quantitative estimate of drug-likeness (QED) is 0.368. The molecule has 0 aliphatic heterocycles. The predicted octanol–water partition coefficient (Wildman–Crippen LogP) is 3.45. The molecule has 0 atom stereocenters. The molecule has 0 aromatic carbocycles. The maximum Gasteiger partial charge on any atom is 2.00 e. The Balaban J connectivity index is 0.000000211. The van der Waals surface area contributed by atoms with Crippen molar-refractivity contribution in [2.45, 2.75) is 27.7 Å². The molecule has 0 aliphatic carbocycles. The summed E-state index contributed by atoms with van der Waals surface area (Å²) in [5.41, 5.74) is 5.82. The Kier molecular flexibility index (Phi) is 9.91. The Morgan fingerprint density at radius 2 is 1.04 bits per heavy atom. The molecule has 0 unspecified atom stereocenters. The summed E-state index contributed by atoms with van der Waals surface area (Å²) in [7, 11) is 0. The van der Waals surface area contributed by atoms with E-state index < -0.39 is 0 Å². The zero-order valence-corrected chi connectivity index (χ0v) is 18.0. The fraction of sp³-hybridized carbons (Fsp3) is 0.200. The number of hydrogen-bond acceptors (Lipinski definition) is 4. The average molecular weight is 542 g/mol. The molecular weight excluding hydrogens is 519 g/mol. The predicted molar refractivity (Wildman–Crippen MR) is 102 cm³/mol. The molecule has 0 fully saturated rings. The van der Waals surface area contributed by atoms with Gasteiger partial charge in [-0.3, -0.25) is 9.97 Å². The van der Waals surface area contributed by atoms with Gasteiger partial charge >= 0.3 is 21.1 Å². The molecule has 0 aliphatic rings. The van der Waals surface area contributed by atoms with Crippen molar-refractivity contribution in [3.05, 3.63) is 83.7 Å². The monoisotopic (exact) mass is 541 g/mol. The van der Waals surface area contributed by atoms with Crippen LogP contribution in [0.2, 0.25) is 0 Å². The molecule has 0 N–H and O–H groups in total. The summed E-state index contributed by atoms with van der Waals surface area (Å²) >= 11 is 0. The van der Waals surface area contributed by atoms with E-state index in [4.69, 9.17) is 0 Å². The summed E-state index contributed by atoms with van der Waals surface area (Å²) in [6, 6.07) is 15.5. The van der Waals surface area contributed by atoms with Crippen molar-refractivity contribution in [3.8, 4) is 11.4 Å². The van der Waals surface area contributed by atoms with Gasteiger partial charge in [-0.25, -0.2) is 0 Å². The van der Waals surface area contributed by atoms with Crippen LogP contribution in [0.25, 0.3) is 11.4 Å². The van der Waals surface area contributed by atoms with Gasteiger partial charge in [0, 0.05) is 23.8 Å². The molecule has 4 aromatic rings. The Morgan fingerprint density at radius 1 is 0.630 bits per heavy atom. The molecule has 0 spiro atoms. The summed E-state index contributed by atoms with van der Waals surface area (Å²) < 4.78 is 0. The van der Waals surface area contributed by atoms with Gasteiger partial charge in [0.15, 0.2) is 0 Å².